The molecule has 1 aromatic rings. The summed E-state index contributed by atoms with van der Waals surface area (Å²) in [7, 11) is 3.79. The van der Waals surface area contributed by atoms with E-state index in [1.807, 2.05) is 6.07 Å². The third kappa shape index (κ3) is 4.36. The first kappa shape index (κ1) is 14.1. The Morgan fingerprint density at radius 2 is 2.05 bits per heavy atom. The van der Waals surface area contributed by atoms with E-state index in [1.165, 1.54) is 12.8 Å². The zero-order valence-corrected chi connectivity index (χ0v) is 11.7. The molecule has 5 heteroatoms. The van der Waals surface area contributed by atoms with Crippen molar-refractivity contribution in [3.05, 3.63) is 18.5 Å². The highest BCUT2D eigenvalue weighted by molar-refractivity contribution is 5.28. The van der Waals surface area contributed by atoms with Gasteiger partial charge in [-0.2, -0.15) is 0 Å². The van der Waals surface area contributed by atoms with Crippen molar-refractivity contribution in [1.82, 2.24) is 9.88 Å². The summed E-state index contributed by atoms with van der Waals surface area (Å²) in [4.78, 5) is 6.46. The smallest absolute Gasteiger partial charge is 0.141 e. The molecule has 0 amide bonds. The molecule has 0 bridgehead atoms. The molecule has 2 rings (SSSR count). The van der Waals surface area contributed by atoms with Gasteiger partial charge in [0.2, 0.25) is 0 Å². The molecule has 1 aliphatic rings. The summed E-state index contributed by atoms with van der Waals surface area (Å²) < 4.78 is 16.2. The lowest BCUT2D eigenvalue weighted by atomic mass is 10.2. The number of hydrogen-bond acceptors (Lipinski definition) is 5. The van der Waals surface area contributed by atoms with Gasteiger partial charge in [-0.3, -0.25) is 4.98 Å². The number of nitrogens with zero attached hydrogens (tertiary/aromatic N) is 2. The number of aromatic nitrogens is 1. The van der Waals surface area contributed by atoms with Gasteiger partial charge in [0.15, 0.2) is 0 Å². The number of rotatable bonds is 7. The predicted octanol–water partition coefficient (Wildman–Crippen LogP) is 1.58. The van der Waals surface area contributed by atoms with Crippen LogP contribution in [-0.4, -0.2) is 56.4 Å². The molecule has 0 unspecified atom stereocenters. The molecule has 106 valence electrons. The second-order valence-corrected chi connectivity index (χ2v) is 4.79. The van der Waals surface area contributed by atoms with Gasteiger partial charge in [-0.1, -0.05) is 0 Å². The lowest BCUT2D eigenvalue weighted by molar-refractivity contribution is 0.145. The molecular formula is C14H22N2O3. The molecule has 5 nitrogen and oxygen atoms in total. The molecule has 1 atom stereocenters. The average molecular weight is 266 g/mol. The third-order valence-corrected chi connectivity index (χ3v) is 3.36. The van der Waals surface area contributed by atoms with E-state index in [0.29, 0.717) is 31.6 Å². The quantitative estimate of drug-likeness (QED) is 0.701. The minimum Gasteiger partial charge on any atom is -0.490 e. The van der Waals surface area contributed by atoms with Crippen LogP contribution in [0.5, 0.6) is 11.5 Å². The molecule has 1 aromatic heterocycles. The van der Waals surface area contributed by atoms with E-state index >= 15 is 0 Å². The van der Waals surface area contributed by atoms with Gasteiger partial charge in [0.1, 0.15) is 24.7 Å². The monoisotopic (exact) mass is 266 g/mol. The normalized spacial score (nSPS) is 19.6. The molecular weight excluding hydrogens is 244 g/mol. The highest BCUT2D eigenvalue weighted by Crippen LogP contribution is 2.20. The number of hydrogen-bond donors (Lipinski definition) is 0. The van der Waals surface area contributed by atoms with Crippen molar-refractivity contribution in [2.24, 2.45) is 0 Å². The fourth-order valence-corrected chi connectivity index (χ4v) is 2.18. The maximum Gasteiger partial charge on any atom is 0.141 e. The number of ether oxygens (including phenoxy) is 3. The van der Waals surface area contributed by atoms with Crippen LogP contribution in [0.2, 0.25) is 0 Å². The largest absolute Gasteiger partial charge is 0.490 e. The highest BCUT2D eigenvalue weighted by atomic mass is 16.5. The van der Waals surface area contributed by atoms with Crippen LogP contribution in [0.1, 0.15) is 12.8 Å². The predicted molar refractivity (Wildman–Crippen MR) is 72.8 cm³/mol. The molecule has 0 N–H and O–H groups in total. The van der Waals surface area contributed by atoms with Crippen molar-refractivity contribution < 1.29 is 14.2 Å². The van der Waals surface area contributed by atoms with E-state index < -0.39 is 0 Å². The second-order valence-electron chi connectivity index (χ2n) is 4.79. The van der Waals surface area contributed by atoms with Crippen LogP contribution in [0.15, 0.2) is 18.5 Å². The highest BCUT2D eigenvalue weighted by Gasteiger charge is 2.21. The van der Waals surface area contributed by atoms with Gasteiger partial charge < -0.3 is 19.1 Å². The minimum atomic E-state index is 0.512. The fourth-order valence-electron chi connectivity index (χ4n) is 2.18. The summed E-state index contributed by atoms with van der Waals surface area (Å²) in [5, 5.41) is 0. The van der Waals surface area contributed by atoms with Gasteiger partial charge in [0, 0.05) is 19.2 Å². The Balaban J connectivity index is 1.81. The molecule has 0 aromatic carbocycles. The summed E-state index contributed by atoms with van der Waals surface area (Å²) >= 11 is 0. The standard InChI is InChI=1S/C14H22N2O3/c1-16-5-3-4-12(16)11-19-14-8-13(9-15-10-14)18-7-6-17-2/h8-10,12H,3-7,11H2,1-2H3/t12-/m0/s1. The van der Waals surface area contributed by atoms with Gasteiger partial charge >= 0.3 is 0 Å². The molecule has 0 saturated carbocycles. The number of methoxy groups -OCH3 is 1. The lowest BCUT2D eigenvalue weighted by Gasteiger charge is -2.19. The van der Waals surface area contributed by atoms with Gasteiger partial charge in [0.05, 0.1) is 19.0 Å². The van der Waals surface area contributed by atoms with Crippen LogP contribution in [0.3, 0.4) is 0 Å². The Morgan fingerprint density at radius 3 is 2.74 bits per heavy atom. The Labute approximate surface area is 114 Å². The Hall–Kier alpha value is -1.33. The maximum atomic E-state index is 5.79. The molecule has 0 aliphatic carbocycles. The zero-order chi connectivity index (χ0) is 13.5. The Bertz CT molecular complexity index is 387. The first-order valence-electron chi connectivity index (χ1n) is 6.69. The summed E-state index contributed by atoms with van der Waals surface area (Å²) in [6, 6.07) is 2.38. The molecule has 19 heavy (non-hydrogen) atoms. The first-order valence-corrected chi connectivity index (χ1v) is 6.69. The summed E-state index contributed by atoms with van der Waals surface area (Å²) in [5.41, 5.74) is 0. The van der Waals surface area contributed by atoms with Crippen molar-refractivity contribution in [2.45, 2.75) is 18.9 Å². The van der Waals surface area contributed by atoms with Crippen molar-refractivity contribution >= 4 is 0 Å². The van der Waals surface area contributed by atoms with Crippen LogP contribution in [0.25, 0.3) is 0 Å². The van der Waals surface area contributed by atoms with Crippen LogP contribution in [0.4, 0.5) is 0 Å². The zero-order valence-electron chi connectivity index (χ0n) is 11.7. The van der Waals surface area contributed by atoms with E-state index in [4.69, 9.17) is 14.2 Å². The van der Waals surface area contributed by atoms with Crippen molar-refractivity contribution in [2.75, 3.05) is 40.5 Å². The fraction of sp³-hybridized carbons (Fsp3) is 0.643. The Kier molecular flexibility index (Phi) is 5.42. The minimum absolute atomic E-state index is 0.512. The van der Waals surface area contributed by atoms with Crippen LogP contribution in [0, 0.1) is 0 Å². The molecule has 1 saturated heterocycles. The maximum absolute atomic E-state index is 5.79. The van der Waals surface area contributed by atoms with E-state index in [9.17, 15) is 0 Å². The summed E-state index contributed by atoms with van der Waals surface area (Å²) in [5.74, 6) is 1.48. The lowest BCUT2D eigenvalue weighted by Crippen LogP contribution is -2.30. The molecule has 0 radical (unpaired) electrons. The molecule has 1 fully saturated rings. The topological polar surface area (TPSA) is 43.8 Å². The van der Waals surface area contributed by atoms with Crippen molar-refractivity contribution in [1.29, 1.82) is 0 Å². The molecule has 1 aliphatic heterocycles. The van der Waals surface area contributed by atoms with E-state index in [1.54, 1.807) is 19.5 Å². The number of likely N-dealkylation sites (N-methyl/N-ethyl adjacent to an activating group) is 1. The second kappa shape index (κ2) is 7.31. The molecule has 2 heterocycles. The van der Waals surface area contributed by atoms with Crippen molar-refractivity contribution in [3.8, 4) is 11.5 Å². The van der Waals surface area contributed by atoms with E-state index in [2.05, 4.69) is 16.9 Å². The van der Waals surface area contributed by atoms with Crippen LogP contribution in [-0.2, 0) is 4.74 Å². The number of likely N-dealkylation sites (tertiary alicyclic amines) is 1. The number of pyridine rings is 1. The van der Waals surface area contributed by atoms with Gasteiger partial charge in [-0.15, -0.1) is 0 Å². The Morgan fingerprint density at radius 1 is 1.26 bits per heavy atom. The van der Waals surface area contributed by atoms with Gasteiger partial charge in [-0.25, -0.2) is 0 Å². The van der Waals surface area contributed by atoms with Gasteiger partial charge in [-0.05, 0) is 26.4 Å². The summed E-state index contributed by atoms with van der Waals surface area (Å²) in [6.45, 7) is 2.96. The molecule has 0 spiro atoms. The van der Waals surface area contributed by atoms with Crippen molar-refractivity contribution in [3.63, 3.8) is 0 Å². The summed E-state index contributed by atoms with van der Waals surface area (Å²) in [6.07, 6.45) is 5.86. The van der Waals surface area contributed by atoms with E-state index in [-0.39, 0.29) is 0 Å². The van der Waals surface area contributed by atoms with E-state index in [0.717, 1.165) is 12.3 Å². The SMILES string of the molecule is COCCOc1cncc(OC[C@@H]2CCCN2C)c1. The van der Waals surface area contributed by atoms with Crippen LogP contribution < -0.4 is 9.47 Å². The third-order valence-electron chi connectivity index (χ3n) is 3.36. The van der Waals surface area contributed by atoms with Crippen LogP contribution >= 0.6 is 0 Å². The van der Waals surface area contributed by atoms with Gasteiger partial charge in [0.25, 0.3) is 0 Å². The first-order chi connectivity index (χ1) is 9.29. The average Bonchev–Trinajstić information content (AvgIpc) is 2.83.